The van der Waals surface area contributed by atoms with Crippen molar-refractivity contribution >= 4 is 21.8 Å². The molecule has 3 heterocycles. The van der Waals surface area contributed by atoms with Crippen LogP contribution in [-0.4, -0.2) is 72.7 Å². The average molecular weight is 419 g/mol. The first-order chi connectivity index (χ1) is 15.0. The van der Waals surface area contributed by atoms with Crippen molar-refractivity contribution in [2.75, 3.05) is 6.61 Å². The highest BCUT2D eigenvalue weighted by Crippen LogP contribution is 2.29. The van der Waals surface area contributed by atoms with Crippen LogP contribution < -0.4 is 0 Å². The van der Waals surface area contributed by atoms with Gasteiger partial charge < -0.3 is 30.1 Å². The summed E-state index contributed by atoms with van der Waals surface area (Å²) in [4.78, 5) is 3.21. The Labute approximate surface area is 177 Å². The molecule has 4 aromatic rings. The Balaban J connectivity index is 1.54. The number of fused-ring (bicyclic) bond motifs is 2. The van der Waals surface area contributed by atoms with Gasteiger partial charge in [0.2, 0.25) is 0 Å². The minimum absolute atomic E-state index is 0.495. The summed E-state index contributed by atoms with van der Waals surface area (Å²) < 4.78 is 5.49. The van der Waals surface area contributed by atoms with E-state index in [0.717, 1.165) is 32.9 Å². The Hall–Kier alpha value is -3.19. The van der Waals surface area contributed by atoms with Gasteiger partial charge in [0, 0.05) is 17.1 Å². The van der Waals surface area contributed by atoms with Gasteiger partial charge in [-0.05, 0) is 40.8 Å². The summed E-state index contributed by atoms with van der Waals surface area (Å²) in [5, 5.41) is 48.6. The van der Waals surface area contributed by atoms with Crippen molar-refractivity contribution < 1.29 is 25.2 Å². The summed E-state index contributed by atoms with van der Waals surface area (Å²) in [6.07, 6.45) is -2.73. The first kappa shape index (κ1) is 19.8. The third-order valence-electron chi connectivity index (χ3n) is 5.68. The van der Waals surface area contributed by atoms with Crippen LogP contribution in [0.3, 0.4) is 0 Å². The minimum Gasteiger partial charge on any atom is -0.394 e. The molecule has 6 N–H and O–H groups in total. The lowest BCUT2D eigenvalue weighted by atomic mass is 9.95. The van der Waals surface area contributed by atoms with Crippen LogP contribution in [0.15, 0.2) is 48.8 Å². The minimum atomic E-state index is -1.46. The second-order valence-electron chi connectivity index (χ2n) is 7.66. The van der Waals surface area contributed by atoms with Crippen molar-refractivity contribution in [3.05, 3.63) is 54.4 Å². The monoisotopic (exact) mass is 419 g/mol. The Morgan fingerprint density at radius 2 is 1.84 bits per heavy atom. The number of hydrogen-bond acceptors (Lipinski definition) is 6. The van der Waals surface area contributed by atoms with E-state index in [-0.39, 0.29) is 0 Å². The molecule has 5 rings (SSSR count). The predicted octanol–water partition coefficient (Wildman–Crippen LogP) is 0.905. The maximum absolute atomic E-state index is 10.2. The second kappa shape index (κ2) is 7.81. The number of aromatic nitrogens is 3. The molecule has 1 aliphatic heterocycles. The fourth-order valence-electron chi connectivity index (χ4n) is 3.92. The van der Waals surface area contributed by atoms with Crippen LogP contribution >= 0.6 is 0 Å². The van der Waals surface area contributed by atoms with Gasteiger partial charge in [0.15, 0.2) is 0 Å². The number of ether oxygens (including phenoxy) is 1. The first-order valence-electron chi connectivity index (χ1n) is 9.92. The molecule has 0 radical (unpaired) electrons. The topological polar surface area (TPSA) is 135 Å². The van der Waals surface area contributed by atoms with Crippen LogP contribution in [0, 0.1) is 11.8 Å². The van der Waals surface area contributed by atoms with Gasteiger partial charge >= 0.3 is 0 Å². The van der Waals surface area contributed by atoms with Crippen molar-refractivity contribution in [1.29, 1.82) is 0 Å². The summed E-state index contributed by atoms with van der Waals surface area (Å²) in [6, 6.07) is 12.1. The maximum Gasteiger partial charge on any atom is 0.147 e. The lowest BCUT2D eigenvalue weighted by molar-refractivity contribution is -0.214. The van der Waals surface area contributed by atoms with E-state index in [9.17, 15) is 20.4 Å². The molecule has 8 heteroatoms. The summed E-state index contributed by atoms with van der Waals surface area (Å²) in [7, 11) is 0. The lowest BCUT2D eigenvalue weighted by Gasteiger charge is -2.37. The normalized spacial score (nSPS) is 26.1. The number of nitrogens with zero attached hydrogens (tertiary/aromatic N) is 1. The van der Waals surface area contributed by atoms with Crippen molar-refractivity contribution in [3.63, 3.8) is 0 Å². The number of aromatic amines is 2. The summed E-state index contributed by atoms with van der Waals surface area (Å²) in [6.45, 7) is -0.495. The third-order valence-corrected chi connectivity index (χ3v) is 5.68. The van der Waals surface area contributed by atoms with E-state index in [1.165, 1.54) is 0 Å². The number of hydrogen-bond donors (Lipinski definition) is 6. The molecule has 0 amide bonds. The molecule has 8 nitrogen and oxygen atoms in total. The number of aliphatic hydroxyl groups excluding tert-OH is 4. The smallest absolute Gasteiger partial charge is 0.147 e. The van der Waals surface area contributed by atoms with Gasteiger partial charge in [-0.15, -0.1) is 0 Å². The fourth-order valence-corrected chi connectivity index (χ4v) is 3.92. The lowest BCUT2D eigenvalue weighted by Crippen LogP contribution is -2.58. The summed E-state index contributed by atoms with van der Waals surface area (Å²) in [5.41, 5.74) is 4.37. The van der Waals surface area contributed by atoms with Crippen LogP contribution in [0.5, 0.6) is 0 Å². The number of nitrogens with one attached hydrogen (secondary N) is 2. The first-order valence-corrected chi connectivity index (χ1v) is 9.92. The molecule has 1 fully saturated rings. The van der Waals surface area contributed by atoms with Gasteiger partial charge in [0.25, 0.3) is 0 Å². The number of rotatable bonds is 2. The summed E-state index contributed by atoms with van der Waals surface area (Å²) in [5.74, 6) is 5.84. The van der Waals surface area contributed by atoms with Crippen LogP contribution in [-0.2, 0) is 4.74 Å². The molecular formula is C23H21N3O5. The molecule has 0 aliphatic carbocycles. The van der Waals surface area contributed by atoms with E-state index >= 15 is 0 Å². The van der Waals surface area contributed by atoms with Crippen molar-refractivity contribution in [3.8, 4) is 23.0 Å². The number of benzene rings is 2. The molecule has 2 aromatic heterocycles. The molecule has 31 heavy (non-hydrogen) atoms. The van der Waals surface area contributed by atoms with Crippen LogP contribution in [0.25, 0.3) is 32.9 Å². The van der Waals surface area contributed by atoms with E-state index in [4.69, 9.17) is 4.74 Å². The van der Waals surface area contributed by atoms with Crippen LogP contribution in [0.1, 0.15) is 5.56 Å². The zero-order chi connectivity index (χ0) is 21.5. The van der Waals surface area contributed by atoms with Crippen LogP contribution in [0.4, 0.5) is 0 Å². The summed E-state index contributed by atoms with van der Waals surface area (Å²) >= 11 is 0. The zero-order valence-electron chi connectivity index (χ0n) is 16.4. The zero-order valence-corrected chi connectivity index (χ0v) is 16.4. The van der Waals surface area contributed by atoms with E-state index in [2.05, 4.69) is 33.1 Å². The van der Waals surface area contributed by atoms with Crippen molar-refractivity contribution in [2.45, 2.75) is 30.5 Å². The van der Waals surface area contributed by atoms with Gasteiger partial charge in [-0.2, -0.15) is 5.10 Å². The number of aliphatic hydroxyl groups is 4. The van der Waals surface area contributed by atoms with Crippen LogP contribution in [0.2, 0.25) is 0 Å². The highest BCUT2D eigenvalue weighted by Gasteiger charge is 2.42. The quantitative estimate of drug-likeness (QED) is 0.267. The van der Waals surface area contributed by atoms with E-state index in [1.54, 1.807) is 6.20 Å². The third kappa shape index (κ3) is 3.49. The Morgan fingerprint density at radius 3 is 2.68 bits per heavy atom. The van der Waals surface area contributed by atoms with Crippen molar-refractivity contribution in [1.82, 2.24) is 15.2 Å². The van der Waals surface area contributed by atoms with E-state index in [1.807, 2.05) is 36.5 Å². The highest BCUT2D eigenvalue weighted by atomic mass is 16.5. The molecule has 0 bridgehead atoms. The molecule has 0 spiro atoms. The largest absolute Gasteiger partial charge is 0.394 e. The molecular weight excluding hydrogens is 398 g/mol. The van der Waals surface area contributed by atoms with Gasteiger partial charge in [-0.3, -0.25) is 5.10 Å². The molecule has 4 unspecified atom stereocenters. The molecule has 158 valence electrons. The predicted molar refractivity (Wildman–Crippen MR) is 114 cm³/mol. The Bertz CT molecular complexity index is 1300. The SMILES string of the molecule is OCC1OC(C#Cc2cc(-c3ccc4cc[nH]c4c3)cc3cn[nH]c23)C(O)C(O)[C@@H]1O. The van der Waals surface area contributed by atoms with Gasteiger partial charge in [0.05, 0.1) is 23.9 Å². The Kier molecular flexibility index (Phi) is 4.98. The molecule has 2 aromatic carbocycles. The van der Waals surface area contributed by atoms with E-state index in [0.29, 0.717) is 5.56 Å². The standard InChI is InChI=1S/C23H21N3O5/c27-11-19-22(29)23(30)21(28)18(31-19)4-3-14-7-15(8-16-10-25-26-20(14)16)13-2-1-12-5-6-24-17(12)9-13/h1-2,5-10,18-19,21-24,27-30H,11H2,(H,25,26)/t18?,19?,21?,22-,23?/m1/s1. The maximum atomic E-state index is 10.2. The van der Waals surface area contributed by atoms with Crippen molar-refractivity contribution in [2.24, 2.45) is 0 Å². The molecule has 0 saturated carbocycles. The fraction of sp³-hybridized carbons (Fsp3) is 0.261. The average Bonchev–Trinajstić information content (AvgIpc) is 3.45. The number of H-pyrrole nitrogens is 2. The molecule has 5 atom stereocenters. The van der Waals surface area contributed by atoms with E-state index < -0.39 is 37.1 Å². The van der Waals surface area contributed by atoms with Gasteiger partial charge in [-0.1, -0.05) is 24.0 Å². The molecule has 1 aliphatic rings. The highest BCUT2D eigenvalue weighted by molar-refractivity contribution is 5.91. The Morgan fingerprint density at radius 1 is 0.968 bits per heavy atom. The molecule has 1 saturated heterocycles. The second-order valence-corrected chi connectivity index (χ2v) is 7.66. The van der Waals surface area contributed by atoms with Gasteiger partial charge in [-0.25, -0.2) is 0 Å². The van der Waals surface area contributed by atoms with Gasteiger partial charge in [0.1, 0.15) is 30.5 Å².